The molecule has 7 nitrogen and oxygen atoms in total. The molecule has 1 aromatic heterocycles. The first kappa shape index (κ1) is 21.1. The van der Waals surface area contributed by atoms with E-state index in [9.17, 15) is 4.79 Å². The number of hydrogen-bond acceptors (Lipinski definition) is 6. The molecule has 0 aliphatic carbocycles. The van der Waals surface area contributed by atoms with Crippen LogP contribution in [0.4, 0.5) is 5.95 Å². The normalized spacial score (nSPS) is 10.6. The summed E-state index contributed by atoms with van der Waals surface area (Å²) in [5.41, 5.74) is 3.57. The van der Waals surface area contributed by atoms with Gasteiger partial charge in [0.25, 0.3) is 0 Å². The largest absolute Gasteiger partial charge is 0.493 e. The molecule has 1 amide bonds. The summed E-state index contributed by atoms with van der Waals surface area (Å²) in [5.74, 6) is 1.65. The Kier molecular flexibility index (Phi) is 6.17. The van der Waals surface area contributed by atoms with Crippen LogP contribution < -0.4 is 19.5 Å². The minimum absolute atomic E-state index is 0.201. The number of methoxy groups -OCH3 is 2. The van der Waals surface area contributed by atoms with Gasteiger partial charge in [0.2, 0.25) is 17.7 Å². The second-order valence-corrected chi connectivity index (χ2v) is 7.11. The lowest BCUT2D eigenvalue weighted by atomic mass is 10.0. The Balaban J connectivity index is 1.77. The Bertz CT molecular complexity index is 1260. The number of aromatic nitrogens is 2. The molecule has 0 aliphatic heterocycles. The molecular weight excluding hydrogens is 406 g/mol. The molecule has 0 spiro atoms. The van der Waals surface area contributed by atoms with Crippen molar-refractivity contribution in [2.75, 3.05) is 19.5 Å². The summed E-state index contributed by atoms with van der Waals surface area (Å²) >= 11 is 0. The van der Waals surface area contributed by atoms with Crippen molar-refractivity contribution in [3.8, 4) is 28.5 Å². The van der Waals surface area contributed by atoms with Gasteiger partial charge in [0.15, 0.2) is 11.5 Å². The summed E-state index contributed by atoms with van der Waals surface area (Å²) in [6, 6.07) is 21.4. The molecule has 32 heavy (non-hydrogen) atoms. The molecule has 0 saturated carbocycles. The smallest absolute Gasteiger partial charge is 0.233 e. The van der Waals surface area contributed by atoms with Crippen molar-refractivity contribution < 1.29 is 19.0 Å². The molecule has 7 heteroatoms. The van der Waals surface area contributed by atoms with Gasteiger partial charge >= 0.3 is 0 Å². The fourth-order valence-electron chi connectivity index (χ4n) is 3.34. The van der Waals surface area contributed by atoms with E-state index in [1.54, 1.807) is 14.2 Å². The first-order valence-electron chi connectivity index (χ1n) is 10.1. The third-order valence-corrected chi connectivity index (χ3v) is 4.88. The van der Waals surface area contributed by atoms with Gasteiger partial charge in [-0.25, -0.2) is 4.98 Å². The molecule has 4 aromatic rings. The molecule has 1 heterocycles. The van der Waals surface area contributed by atoms with Crippen LogP contribution >= 0.6 is 0 Å². The maximum atomic E-state index is 11.5. The summed E-state index contributed by atoms with van der Waals surface area (Å²) in [6.07, 6.45) is 0. The summed E-state index contributed by atoms with van der Waals surface area (Å²) < 4.78 is 16.8. The zero-order valence-corrected chi connectivity index (χ0v) is 18.1. The Morgan fingerprint density at radius 3 is 2.31 bits per heavy atom. The van der Waals surface area contributed by atoms with Gasteiger partial charge in [0.05, 0.1) is 25.1 Å². The fourth-order valence-corrected chi connectivity index (χ4v) is 3.34. The van der Waals surface area contributed by atoms with Crippen molar-refractivity contribution in [2.24, 2.45) is 0 Å². The number of nitrogens with one attached hydrogen (secondary N) is 1. The number of anilines is 1. The van der Waals surface area contributed by atoms with E-state index >= 15 is 0 Å². The molecule has 0 radical (unpaired) electrons. The number of nitrogens with zero attached hydrogens (tertiary/aromatic N) is 2. The van der Waals surface area contributed by atoms with Crippen molar-refractivity contribution >= 4 is 22.8 Å². The monoisotopic (exact) mass is 429 g/mol. The van der Waals surface area contributed by atoms with E-state index in [2.05, 4.69) is 15.3 Å². The fraction of sp³-hybridized carbons (Fsp3) is 0.160. The predicted molar refractivity (Wildman–Crippen MR) is 123 cm³/mol. The van der Waals surface area contributed by atoms with E-state index in [0.717, 1.165) is 22.1 Å². The molecule has 0 bridgehead atoms. The Morgan fingerprint density at radius 2 is 1.59 bits per heavy atom. The van der Waals surface area contributed by atoms with Crippen LogP contribution in [0.5, 0.6) is 17.4 Å². The zero-order valence-electron chi connectivity index (χ0n) is 18.1. The van der Waals surface area contributed by atoms with Crippen LogP contribution in [0.1, 0.15) is 12.5 Å². The van der Waals surface area contributed by atoms with Crippen LogP contribution in [-0.4, -0.2) is 30.1 Å². The van der Waals surface area contributed by atoms with Crippen LogP contribution in [0.3, 0.4) is 0 Å². The number of fused-ring (bicyclic) bond motifs is 1. The highest BCUT2D eigenvalue weighted by molar-refractivity contribution is 5.92. The van der Waals surface area contributed by atoms with Crippen LogP contribution in [0.2, 0.25) is 0 Å². The first-order valence-corrected chi connectivity index (χ1v) is 10.1. The van der Waals surface area contributed by atoms with Gasteiger partial charge in [0, 0.05) is 6.92 Å². The van der Waals surface area contributed by atoms with Gasteiger partial charge in [0.1, 0.15) is 6.61 Å². The van der Waals surface area contributed by atoms with Gasteiger partial charge in [-0.15, -0.1) is 0 Å². The lowest BCUT2D eigenvalue weighted by Crippen LogP contribution is -2.10. The third-order valence-electron chi connectivity index (χ3n) is 4.88. The molecule has 4 rings (SSSR count). The van der Waals surface area contributed by atoms with E-state index in [1.165, 1.54) is 6.92 Å². The second-order valence-electron chi connectivity index (χ2n) is 7.11. The molecule has 0 saturated heterocycles. The Hall–Kier alpha value is -4.13. The van der Waals surface area contributed by atoms with Crippen molar-refractivity contribution in [1.29, 1.82) is 0 Å². The summed E-state index contributed by atoms with van der Waals surface area (Å²) in [5, 5.41) is 3.38. The highest BCUT2D eigenvalue weighted by Gasteiger charge is 2.13. The van der Waals surface area contributed by atoms with Crippen LogP contribution in [0.15, 0.2) is 66.7 Å². The highest BCUT2D eigenvalue weighted by Crippen LogP contribution is 2.35. The zero-order chi connectivity index (χ0) is 22.5. The van der Waals surface area contributed by atoms with Crippen LogP contribution in [-0.2, 0) is 11.4 Å². The molecule has 1 N–H and O–H groups in total. The lowest BCUT2D eigenvalue weighted by Gasteiger charge is -2.13. The number of amides is 1. The van der Waals surface area contributed by atoms with Crippen molar-refractivity contribution in [1.82, 2.24) is 9.97 Å². The number of hydrogen-bond donors (Lipinski definition) is 1. The number of rotatable bonds is 7. The highest BCUT2D eigenvalue weighted by atomic mass is 16.5. The van der Waals surface area contributed by atoms with Crippen molar-refractivity contribution in [3.63, 3.8) is 0 Å². The first-order chi connectivity index (χ1) is 15.6. The van der Waals surface area contributed by atoms with Crippen LogP contribution in [0.25, 0.3) is 22.0 Å². The van der Waals surface area contributed by atoms with E-state index in [0.29, 0.717) is 29.5 Å². The number of ether oxygens (including phenoxy) is 3. The van der Waals surface area contributed by atoms with Crippen LogP contribution in [0, 0.1) is 0 Å². The quantitative estimate of drug-likeness (QED) is 0.452. The summed E-state index contributed by atoms with van der Waals surface area (Å²) in [6.45, 7) is 1.76. The minimum Gasteiger partial charge on any atom is -0.493 e. The SMILES string of the molecule is COc1ccc(-c2ccc3nc(NC(C)=O)nc(OCc4ccccc4)c3c2)cc1OC. The van der Waals surface area contributed by atoms with Gasteiger partial charge in [-0.1, -0.05) is 42.5 Å². The molecule has 3 aromatic carbocycles. The lowest BCUT2D eigenvalue weighted by molar-refractivity contribution is -0.114. The average Bonchev–Trinajstić information content (AvgIpc) is 2.82. The Morgan fingerprint density at radius 1 is 0.875 bits per heavy atom. The van der Waals surface area contributed by atoms with E-state index < -0.39 is 0 Å². The maximum absolute atomic E-state index is 11.5. The standard InChI is InChI=1S/C25H23N3O4/c1-16(29)26-25-27-21-11-9-18(19-10-12-22(30-2)23(14-19)31-3)13-20(21)24(28-25)32-15-17-7-5-4-6-8-17/h4-14H,15H2,1-3H3,(H,26,27,28,29). The molecule has 162 valence electrons. The summed E-state index contributed by atoms with van der Waals surface area (Å²) in [4.78, 5) is 20.4. The van der Waals surface area contributed by atoms with E-state index in [1.807, 2.05) is 66.7 Å². The minimum atomic E-state index is -0.250. The summed E-state index contributed by atoms with van der Waals surface area (Å²) in [7, 11) is 3.21. The molecule has 0 atom stereocenters. The second kappa shape index (κ2) is 9.34. The maximum Gasteiger partial charge on any atom is 0.233 e. The number of benzene rings is 3. The average molecular weight is 429 g/mol. The van der Waals surface area contributed by atoms with Gasteiger partial charge in [-0.3, -0.25) is 10.1 Å². The van der Waals surface area contributed by atoms with Gasteiger partial charge in [-0.2, -0.15) is 4.98 Å². The number of carbonyl (C=O) groups excluding carboxylic acids is 1. The van der Waals surface area contributed by atoms with Crippen molar-refractivity contribution in [2.45, 2.75) is 13.5 Å². The third kappa shape index (κ3) is 4.62. The molecule has 0 fully saturated rings. The molecule has 0 aliphatic rings. The van der Waals surface area contributed by atoms with Gasteiger partial charge in [-0.05, 0) is 41.0 Å². The number of carbonyl (C=O) groups is 1. The Labute approximate surface area is 186 Å². The topological polar surface area (TPSA) is 82.6 Å². The van der Waals surface area contributed by atoms with Gasteiger partial charge < -0.3 is 14.2 Å². The van der Waals surface area contributed by atoms with E-state index in [4.69, 9.17) is 14.2 Å². The predicted octanol–water partition coefficient (Wildman–Crippen LogP) is 4.85. The molecule has 0 unspecified atom stereocenters. The van der Waals surface area contributed by atoms with Crippen molar-refractivity contribution in [3.05, 3.63) is 72.3 Å². The molecular formula is C25H23N3O4. The van der Waals surface area contributed by atoms with E-state index in [-0.39, 0.29) is 11.9 Å².